The van der Waals surface area contributed by atoms with Gasteiger partial charge in [0.05, 0.1) is 10.6 Å². The van der Waals surface area contributed by atoms with Crippen LogP contribution in [0.3, 0.4) is 0 Å². The molecule has 3 aromatic rings. The average Bonchev–Trinajstić information content (AvgIpc) is 3.02. The van der Waals surface area contributed by atoms with Crippen molar-refractivity contribution in [3.8, 4) is 16.2 Å². The minimum absolute atomic E-state index is 0.197. The van der Waals surface area contributed by atoms with E-state index in [1.807, 2.05) is 30.3 Å². The summed E-state index contributed by atoms with van der Waals surface area (Å²) in [4.78, 5) is 18.1. The van der Waals surface area contributed by atoms with Crippen LogP contribution in [0.2, 0.25) is 5.15 Å². The summed E-state index contributed by atoms with van der Waals surface area (Å²) in [6.07, 6.45) is 1.58. The van der Waals surface area contributed by atoms with Crippen LogP contribution in [0.4, 0.5) is 5.69 Å². The van der Waals surface area contributed by atoms with Crippen LogP contribution in [0, 0.1) is 0 Å². The van der Waals surface area contributed by atoms with Gasteiger partial charge in [0.25, 0.3) is 5.91 Å². The average molecular weight is 343 g/mol. The number of ether oxygens (including phenoxy) is 1. The number of carbonyl (C=O) groups is 1. The minimum atomic E-state index is -0.197. The van der Waals surface area contributed by atoms with Crippen molar-refractivity contribution in [1.29, 1.82) is 0 Å². The molecule has 4 nitrogen and oxygen atoms in total. The third kappa shape index (κ3) is 2.58. The fourth-order valence-electron chi connectivity index (χ4n) is 2.47. The predicted octanol–water partition coefficient (Wildman–Crippen LogP) is 4.61. The number of carbonyl (C=O) groups excluding carboxylic acids is 1. The van der Waals surface area contributed by atoms with Gasteiger partial charge in [0.15, 0.2) is 5.15 Å². The number of halogens is 1. The van der Waals surface area contributed by atoms with Gasteiger partial charge in [-0.3, -0.25) is 4.79 Å². The lowest BCUT2D eigenvalue weighted by atomic mass is 10.1. The summed E-state index contributed by atoms with van der Waals surface area (Å²) in [7, 11) is 0. The van der Waals surface area contributed by atoms with Crippen LogP contribution >= 0.6 is 22.9 Å². The quantitative estimate of drug-likeness (QED) is 0.692. The van der Waals surface area contributed by atoms with Gasteiger partial charge in [0.2, 0.25) is 0 Å². The molecule has 23 heavy (non-hydrogen) atoms. The summed E-state index contributed by atoms with van der Waals surface area (Å²) >= 11 is 7.44. The molecule has 0 fully saturated rings. The molecule has 0 aliphatic carbocycles. The van der Waals surface area contributed by atoms with Crippen molar-refractivity contribution >= 4 is 34.5 Å². The van der Waals surface area contributed by atoms with Crippen LogP contribution in [0.5, 0.6) is 5.75 Å². The SMILES string of the molecule is O=C(Nc1cccnc1Cl)c1cc2c(s1)-c1ccccc1OC2. The lowest BCUT2D eigenvalue weighted by Crippen LogP contribution is -2.10. The van der Waals surface area contributed by atoms with Crippen molar-refractivity contribution < 1.29 is 9.53 Å². The number of para-hydroxylation sites is 1. The van der Waals surface area contributed by atoms with Crippen molar-refractivity contribution in [3.05, 3.63) is 64.3 Å². The summed E-state index contributed by atoms with van der Waals surface area (Å²) in [6, 6.07) is 13.2. The maximum absolute atomic E-state index is 12.5. The molecule has 6 heteroatoms. The highest BCUT2D eigenvalue weighted by molar-refractivity contribution is 7.17. The van der Waals surface area contributed by atoms with Gasteiger partial charge < -0.3 is 10.1 Å². The van der Waals surface area contributed by atoms with E-state index < -0.39 is 0 Å². The van der Waals surface area contributed by atoms with Gasteiger partial charge in [0, 0.05) is 22.2 Å². The largest absolute Gasteiger partial charge is 0.488 e. The third-order valence-electron chi connectivity index (χ3n) is 3.55. The molecule has 1 amide bonds. The number of anilines is 1. The van der Waals surface area contributed by atoms with Crippen LogP contribution in [0.1, 0.15) is 15.2 Å². The summed E-state index contributed by atoms with van der Waals surface area (Å²) in [5.74, 6) is 0.654. The molecule has 0 unspecified atom stereocenters. The Morgan fingerprint density at radius 3 is 3.00 bits per heavy atom. The van der Waals surface area contributed by atoms with Crippen molar-refractivity contribution in [2.24, 2.45) is 0 Å². The highest BCUT2D eigenvalue weighted by Gasteiger charge is 2.22. The molecular weight excluding hydrogens is 332 g/mol. The first-order chi connectivity index (χ1) is 11.2. The lowest BCUT2D eigenvalue weighted by Gasteiger charge is -2.16. The molecule has 0 radical (unpaired) electrons. The topological polar surface area (TPSA) is 51.2 Å². The van der Waals surface area contributed by atoms with Crippen LogP contribution in [-0.4, -0.2) is 10.9 Å². The number of hydrogen-bond acceptors (Lipinski definition) is 4. The van der Waals surface area contributed by atoms with E-state index in [1.54, 1.807) is 18.3 Å². The first kappa shape index (κ1) is 14.2. The highest BCUT2D eigenvalue weighted by atomic mass is 35.5. The van der Waals surface area contributed by atoms with Crippen LogP contribution in [0.25, 0.3) is 10.4 Å². The monoisotopic (exact) mass is 342 g/mol. The Balaban J connectivity index is 1.66. The number of benzene rings is 1. The Bertz CT molecular complexity index is 907. The van der Waals surface area contributed by atoms with Gasteiger partial charge >= 0.3 is 0 Å². The molecule has 1 N–H and O–H groups in total. The minimum Gasteiger partial charge on any atom is -0.488 e. The second kappa shape index (κ2) is 5.68. The number of nitrogens with one attached hydrogen (secondary N) is 1. The zero-order valence-electron chi connectivity index (χ0n) is 11.9. The maximum Gasteiger partial charge on any atom is 0.265 e. The summed E-state index contributed by atoms with van der Waals surface area (Å²) in [6.45, 7) is 0.476. The molecule has 0 atom stereocenters. The number of pyridine rings is 1. The molecule has 0 saturated carbocycles. The van der Waals surface area contributed by atoms with Crippen LogP contribution in [0.15, 0.2) is 48.7 Å². The highest BCUT2D eigenvalue weighted by Crippen LogP contribution is 2.42. The molecule has 0 bridgehead atoms. The van der Waals surface area contributed by atoms with E-state index in [4.69, 9.17) is 16.3 Å². The van der Waals surface area contributed by atoms with Gasteiger partial charge in [-0.1, -0.05) is 23.7 Å². The molecule has 2 aromatic heterocycles. The first-order valence-corrected chi connectivity index (χ1v) is 8.18. The molecule has 114 valence electrons. The van der Waals surface area contributed by atoms with Gasteiger partial charge in [-0.05, 0) is 30.3 Å². The molecule has 0 saturated heterocycles. The number of aromatic nitrogens is 1. The zero-order chi connectivity index (χ0) is 15.8. The fraction of sp³-hybridized carbons (Fsp3) is 0.0588. The standard InChI is InChI=1S/C17H11ClN2O2S/c18-16-12(5-3-7-19-16)20-17(21)14-8-10-9-22-13-6-2-1-4-11(13)15(10)23-14/h1-8H,9H2,(H,20,21). The van der Waals surface area contributed by atoms with Gasteiger partial charge in [-0.25, -0.2) is 4.98 Å². The van der Waals surface area contributed by atoms with E-state index in [2.05, 4.69) is 10.3 Å². The normalized spacial score (nSPS) is 12.0. The van der Waals surface area contributed by atoms with Crippen LogP contribution < -0.4 is 10.1 Å². The van der Waals surface area contributed by atoms with Crippen LogP contribution in [-0.2, 0) is 6.61 Å². The smallest absolute Gasteiger partial charge is 0.265 e. The summed E-state index contributed by atoms with van der Waals surface area (Å²) < 4.78 is 5.72. The molecule has 3 heterocycles. The van der Waals surface area contributed by atoms with Crippen molar-refractivity contribution in [1.82, 2.24) is 4.98 Å². The Labute approximate surface area is 141 Å². The second-order valence-corrected chi connectivity index (χ2v) is 6.46. The number of nitrogens with zero attached hydrogens (tertiary/aromatic N) is 1. The second-order valence-electron chi connectivity index (χ2n) is 5.05. The summed E-state index contributed by atoms with van der Waals surface area (Å²) in [5, 5.41) is 3.07. The van der Waals surface area contributed by atoms with E-state index in [0.29, 0.717) is 17.2 Å². The maximum atomic E-state index is 12.5. The number of amides is 1. The molecule has 0 spiro atoms. The van der Waals surface area contributed by atoms with E-state index in [-0.39, 0.29) is 11.1 Å². The van der Waals surface area contributed by atoms with Crippen molar-refractivity contribution in [2.45, 2.75) is 6.61 Å². The Hall–Kier alpha value is -2.37. The number of fused-ring (bicyclic) bond motifs is 3. The molecule has 1 aromatic carbocycles. The van der Waals surface area contributed by atoms with Crippen molar-refractivity contribution in [2.75, 3.05) is 5.32 Å². The molecular formula is C17H11ClN2O2S. The summed E-state index contributed by atoms with van der Waals surface area (Å²) in [5.41, 5.74) is 2.55. The van der Waals surface area contributed by atoms with E-state index >= 15 is 0 Å². The number of hydrogen-bond donors (Lipinski definition) is 1. The Morgan fingerprint density at radius 1 is 1.26 bits per heavy atom. The Morgan fingerprint density at radius 2 is 2.13 bits per heavy atom. The van der Waals surface area contributed by atoms with Gasteiger partial charge in [0.1, 0.15) is 12.4 Å². The van der Waals surface area contributed by atoms with Gasteiger partial charge in [-0.2, -0.15) is 0 Å². The van der Waals surface area contributed by atoms with Crippen molar-refractivity contribution in [3.63, 3.8) is 0 Å². The number of thiophene rings is 1. The fourth-order valence-corrected chi connectivity index (χ4v) is 3.73. The number of rotatable bonds is 2. The van der Waals surface area contributed by atoms with E-state index in [9.17, 15) is 4.79 Å². The zero-order valence-corrected chi connectivity index (χ0v) is 13.4. The third-order valence-corrected chi connectivity index (χ3v) is 5.07. The molecule has 1 aliphatic rings. The lowest BCUT2D eigenvalue weighted by molar-refractivity contribution is 0.103. The van der Waals surface area contributed by atoms with E-state index in [0.717, 1.165) is 21.8 Å². The predicted molar refractivity (Wildman–Crippen MR) is 91.3 cm³/mol. The van der Waals surface area contributed by atoms with Gasteiger partial charge in [-0.15, -0.1) is 11.3 Å². The molecule has 1 aliphatic heterocycles. The van der Waals surface area contributed by atoms with E-state index in [1.165, 1.54) is 11.3 Å². The Kier molecular flexibility index (Phi) is 3.52. The molecule has 4 rings (SSSR count). The first-order valence-electron chi connectivity index (χ1n) is 6.99.